The molecular weight excluding hydrogens is 246 g/mol. The summed E-state index contributed by atoms with van der Waals surface area (Å²) in [5, 5.41) is 20.2. The summed E-state index contributed by atoms with van der Waals surface area (Å²) in [6.07, 6.45) is 0.903. The molecule has 0 saturated carbocycles. The summed E-state index contributed by atoms with van der Waals surface area (Å²) in [5.41, 5.74) is 1.88. The fourth-order valence-electron chi connectivity index (χ4n) is 1.78. The van der Waals surface area contributed by atoms with Gasteiger partial charge < -0.3 is 5.11 Å². The Bertz CT molecular complexity index is 626. The van der Waals surface area contributed by atoms with Gasteiger partial charge in [-0.2, -0.15) is 0 Å². The quantitative estimate of drug-likeness (QED) is 0.675. The maximum Gasteiger partial charge on any atom is 0.270 e. The highest BCUT2D eigenvalue weighted by atomic mass is 16.6. The zero-order valence-electron chi connectivity index (χ0n) is 10.6. The van der Waals surface area contributed by atoms with Crippen LogP contribution < -0.4 is 0 Å². The molecule has 1 aromatic carbocycles. The van der Waals surface area contributed by atoms with E-state index in [2.05, 4.69) is 9.97 Å². The summed E-state index contributed by atoms with van der Waals surface area (Å²) in [5.74, 6) is 0.408. The van der Waals surface area contributed by atoms with Crippen molar-refractivity contribution in [1.82, 2.24) is 9.97 Å². The summed E-state index contributed by atoms with van der Waals surface area (Å²) < 4.78 is 0. The van der Waals surface area contributed by atoms with Gasteiger partial charge in [-0.05, 0) is 13.8 Å². The molecule has 0 amide bonds. The number of hydrogen-bond donors (Lipinski definition) is 1. The van der Waals surface area contributed by atoms with Gasteiger partial charge in [-0.1, -0.05) is 12.1 Å². The van der Waals surface area contributed by atoms with Crippen LogP contribution in [0.4, 0.5) is 5.69 Å². The van der Waals surface area contributed by atoms with Gasteiger partial charge in [0.25, 0.3) is 5.69 Å². The van der Waals surface area contributed by atoms with Gasteiger partial charge in [0.05, 0.1) is 11.0 Å². The maximum atomic E-state index is 10.7. The van der Waals surface area contributed by atoms with E-state index in [1.165, 1.54) is 12.1 Å². The maximum absolute atomic E-state index is 10.7. The molecule has 0 saturated heterocycles. The SMILES string of the molecule is Cc1nc(-c2cccc([N+](=O)[O-])c2)ncc1[C@H](C)O. The Morgan fingerprint density at radius 2 is 2.16 bits per heavy atom. The predicted molar refractivity (Wildman–Crippen MR) is 69.5 cm³/mol. The molecule has 0 radical (unpaired) electrons. The number of rotatable bonds is 3. The largest absolute Gasteiger partial charge is 0.389 e. The zero-order valence-corrected chi connectivity index (χ0v) is 10.6. The third-order valence-electron chi connectivity index (χ3n) is 2.78. The summed E-state index contributed by atoms with van der Waals surface area (Å²) in [6, 6.07) is 6.15. The van der Waals surface area contributed by atoms with E-state index in [1.54, 1.807) is 32.2 Å². The van der Waals surface area contributed by atoms with Crippen molar-refractivity contribution in [1.29, 1.82) is 0 Å². The molecule has 1 N–H and O–H groups in total. The van der Waals surface area contributed by atoms with E-state index in [4.69, 9.17) is 0 Å². The molecule has 2 aromatic rings. The Hall–Kier alpha value is -2.34. The highest BCUT2D eigenvalue weighted by Gasteiger charge is 2.12. The van der Waals surface area contributed by atoms with Crippen molar-refractivity contribution in [2.45, 2.75) is 20.0 Å². The van der Waals surface area contributed by atoms with Gasteiger partial charge in [0, 0.05) is 35.2 Å². The van der Waals surface area contributed by atoms with Crippen LogP contribution in [-0.2, 0) is 0 Å². The molecule has 0 bridgehead atoms. The lowest BCUT2D eigenvalue weighted by Gasteiger charge is -2.08. The molecule has 1 aromatic heterocycles. The number of aliphatic hydroxyl groups excluding tert-OH is 1. The normalized spacial score (nSPS) is 12.2. The Balaban J connectivity index is 2.45. The minimum Gasteiger partial charge on any atom is -0.389 e. The molecule has 19 heavy (non-hydrogen) atoms. The van der Waals surface area contributed by atoms with E-state index in [9.17, 15) is 15.2 Å². The molecule has 98 valence electrons. The second-order valence-electron chi connectivity index (χ2n) is 4.22. The van der Waals surface area contributed by atoms with Crippen LogP contribution in [0.5, 0.6) is 0 Å². The molecular formula is C13H13N3O3. The molecule has 6 heteroatoms. The summed E-state index contributed by atoms with van der Waals surface area (Å²) in [4.78, 5) is 18.7. The van der Waals surface area contributed by atoms with Crippen molar-refractivity contribution in [3.05, 3.63) is 51.8 Å². The first kappa shape index (κ1) is 13.1. The predicted octanol–water partition coefficient (Wildman–Crippen LogP) is 2.41. The first-order valence-electron chi connectivity index (χ1n) is 5.75. The fourth-order valence-corrected chi connectivity index (χ4v) is 1.78. The number of aryl methyl sites for hydroxylation is 1. The average Bonchev–Trinajstić information content (AvgIpc) is 2.38. The number of nitro benzene ring substituents is 1. The number of non-ortho nitro benzene ring substituents is 1. The molecule has 0 fully saturated rings. The van der Waals surface area contributed by atoms with Crippen LogP contribution in [0.2, 0.25) is 0 Å². The van der Waals surface area contributed by atoms with Crippen molar-refractivity contribution >= 4 is 5.69 Å². The van der Waals surface area contributed by atoms with Crippen molar-refractivity contribution in [3.63, 3.8) is 0 Å². The third kappa shape index (κ3) is 2.74. The lowest BCUT2D eigenvalue weighted by Crippen LogP contribution is -2.01. The summed E-state index contributed by atoms with van der Waals surface area (Å²) in [7, 11) is 0. The molecule has 0 aliphatic rings. The third-order valence-corrected chi connectivity index (χ3v) is 2.78. The first-order chi connectivity index (χ1) is 8.99. The molecule has 0 unspecified atom stereocenters. The number of nitrogens with zero attached hydrogens (tertiary/aromatic N) is 3. The number of aromatic nitrogens is 2. The molecule has 6 nitrogen and oxygen atoms in total. The van der Waals surface area contributed by atoms with Crippen LogP contribution >= 0.6 is 0 Å². The summed E-state index contributed by atoms with van der Waals surface area (Å²) >= 11 is 0. The van der Waals surface area contributed by atoms with Gasteiger partial charge in [-0.25, -0.2) is 9.97 Å². The van der Waals surface area contributed by atoms with E-state index in [0.717, 1.165) is 0 Å². The molecule has 0 aliphatic heterocycles. The second-order valence-corrected chi connectivity index (χ2v) is 4.22. The number of benzene rings is 1. The summed E-state index contributed by atoms with van der Waals surface area (Å²) in [6.45, 7) is 3.41. The Morgan fingerprint density at radius 1 is 1.42 bits per heavy atom. The second kappa shape index (κ2) is 5.11. The van der Waals surface area contributed by atoms with Crippen molar-refractivity contribution < 1.29 is 10.0 Å². The van der Waals surface area contributed by atoms with Crippen molar-refractivity contribution in [3.8, 4) is 11.4 Å². The van der Waals surface area contributed by atoms with Crippen molar-refractivity contribution in [2.24, 2.45) is 0 Å². The van der Waals surface area contributed by atoms with Crippen molar-refractivity contribution in [2.75, 3.05) is 0 Å². The first-order valence-corrected chi connectivity index (χ1v) is 5.75. The lowest BCUT2D eigenvalue weighted by atomic mass is 10.1. The Kier molecular flexibility index (Phi) is 3.52. The van der Waals surface area contributed by atoms with Crippen LogP contribution in [0.1, 0.15) is 24.3 Å². The minimum absolute atomic E-state index is 0.00152. The van der Waals surface area contributed by atoms with Gasteiger partial charge in [0.1, 0.15) is 0 Å². The van der Waals surface area contributed by atoms with Crippen LogP contribution in [0.15, 0.2) is 30.5 Å². The van der Waals surface area contributed by atoms with Gasteiger partial charge in [-0.3, -0.25) is 10.1 Å². The number of hydrogen-bond acceptors (Lipinski definition) is 5. The van der Waals surface area contributed by atoms with Crippen LogP contribution in [-0.4, -0.2) is 20.0 Å². The lowest BCUT2D eigenvalue weighted by molar-refractivity contribution is -0.384. The topological polar surface area (TPSA) is 89.2 Å². The zero-order chi connectivity index (χ0) is 14.0. The minimum atomic E-state index is -0.640. The Morgan fingerprint density at radius 3 is 2.74 bits per heavy atom. The van der Waals surface area contributed by atoms with Gasteiger partial charge in [0.15, 0.2) is 5.82 Å². The van der Waals surface area contributed by atoms with Crippen LogP contribution in [0.25, 0.3) is 11.4 Å². The smallest absolute Gasteiger partial charge is 0.270 e. The van der Waals surface area contributed by atoms with E-state index in [0.29, 0.717) is 22.6 Å². The fraction of sp³-hybridized carbons (Fsp3) is 0.231. The van der Waals surface area contributed by atoms with E-state index < -0.39 is 11.0 Å². The van der Waals surface area contributed by atoms with E-state index in [-0.39, 0.29) is 5.69 Å². The molecule has 1 atom stereocenters. The monoisotopic (exact) mass is 259 g/mol. The molecule has 1 heterocycles. The van der Waals surface area contributed by atoms with Gasteiger partial charge in [0.2, 0.25) is 0 Å². The number of nitro groups is 1. The van der Waals surface area contributed by atoms with Gasteiger partial charge in [-0.15, -0.1) is 0 Å². The highest BCUT2D eigenvalue weighted by Crippen LogP contribution is 2.22. The van der Waals surface area contributed by atoms with Crippen LogP contribution in [0.3, 0.4) is 0 Å². The van der Waals surface area contributed by atoms with Gasteiger partial charge >= 0.3 is 0 Å². The standard InChI is InChI=1S/C13H13N3O3/c1-8-12(9(2)17)7-14-13(15-8)10-4-3-5-11(6-10)16(18)19/h3-7,9,17H,1-2H3/t9-/m0/s1. The van der Waals surface area contributed by atoms with E-state index in [1.807, 2.05) is 0 Å². The number of aliphatic hydroxyl groups is 1. The molecule has 0 spiro atoms. The molecule has 0 aliphatic carbocycles. The average molecular weight is 259 g/mol. The Labute approximate surface area is 109 Å². The van der Waals surface area contributed by atoms with E-state index >= 15 is 0 Å². The highest BCUT2D eigenvalue weighted by molar-refractivity contribution is 5.59. The molecule has 2 rings (SSSR count). The van der Waals surface area contributed by atoms with Crippen LogP contribution in [0, 0.1) is 17.0 Å².